The van der Waals surface area contributed by atoms with Gasteiger partial charge in [0.2, 0.25) is 0 Å². The molecule has 0 atom stereocenters. The maximum absolute atomic E-state index is 13.0. The molecule has 5 nitrogen and oxygen atoms in total. The van der Waals surface area contributed by atoms with Crippen molar-refractivity contribution in [3.8, 4) is 0 Å². The lowest BCUT2D eigenvalue weighted by Crippen LogP contribution is -2.32. The predicted molar refractivity (Wildman–Crippen MR) is 105 cm³/mol. The Labute approximate surface area is 160 Å². The van der Waals surface area contributed by atoms with Gasteiger partial charge in [-0.1, -0.05) is 31.0 Å². The summed E-state index contributed by atoms with van der Waals surface area (Å²) in [5.41, 5.74) is 2.27. The molecule has 0 aliphatic carbocycles. The Kier molecular flexibility index (Phi) is 4.91. The predicted octanol–water partition coefficient (Wildman–Crippen LogP) is 3.45. The molecule has 2 aromatic rings. The van der Waals surface area contributed by atoms with E-state index >= 15 is 0 Å². The first-order valence-electron chi connectivity index (χ1n) is 9.57. The zero-order valence-corrected chi connectivity index (χ0v) is 16.1. The van der Waals surface area contributed by atoms with Gasteiger partial charge in [0.1, 0.15) is 0 Å². The van der Waals surface area contributed by atoms with Gasteiger partial charge in [0.05, 0.1) is 10.6 Å². The van der Waals surface area contributed by atoms with Crippen molar-refractivity contribution in [3.63, 3.8) is 0 Å². The molecule has 2 aliphatic heterocycles. The molecule has 0 unspecified atom stereocenters. The topological polar surface area (TPSA) is 57.7 Å². The Bertz CT molecular complexity index is 933. The van der Waals surface area contributed by atoms with Gasteiger partial charge in [0, 0.05) is 25.2 Å². The van der Waals surface area contributed by atoms with Gasteiger partial charge in [-0.25, -0.2) is 8.42 Å². The van der Waals surface area contributed by atoms with E-state index in [0.29, 0.717) is 29.1 Å². The normalized spacial score (nSPS) is 17.5. The van der Waals surface area contributed by atoms with Gasteiger partial charge in [-0.15, -0.1) is 0 Å². The van der Waals surface area contributed by atoms with Gasteiger partial charge in [-0.2, -0.15) is 0 Å². The smallest absolute Gasteiger partial charge is 0.264 e. The second-order valence-electron chi connectivity index (χ2n) is 7.19. The van der Waals surface area contributed by atoms with Crippen LogP contribution in [0.1, 0.15) is 41.6 Å². The van der Waals surface area contributed by atoms with E-state index in [1.807, 2.05) is 11.0 Å². The van der Waals surface area contributed by atoms with Crippen molar-refractivity contribution in [1.82, 2.24) is 4.90 Å². The summed E-state index contributed by atoms with van der Waals surface area (Å²) in [6.45, 7) is 2.03. The average Bonchev–Trinajstić information content (AvgIpc) is 2.94. The summed E-state index contributed by atoms with van der Waals surface area (Å²) in [4.78, 5) is 15.1. The molecular formula is C21H24N2O3S. The van der Waals surface area contributed by atoms with Crippen molar-refractivity contribution in [2.75, 3.05) is 23.9 Å². The molecule has 0 aromatic heterocycles. The van der Waals surface area contributed by atoms with Crippen LogP contribution in [0.15, 0.2) is 53.4 Å². The summed E-state index contributed by atoms with van der Waals surface area (Å²) in [5.74, 6) is 0.0593. The second kappa shape index (κ2) is 7.35. The number of hydrogen-bond donors (Lipinski definition) is 0. The molecule has 2 aromatic carbocycles. The highest BCUT2D eigenvalue weighted by Gasteiger charge is 2.31. The Hall–Kier alpha value is -2.34. The Morgan fingerprint density at radius 3 is 2.26 bits per heavy atom. The Morgan fingerprint density at radius 1 is 0.852 bits per heavy atom. The SMILES string of the molecule is O=C(c1ccc2c(c1)CCN2S(=O)(=O)c1ccccc1)N1CCCCCC1. The van der Waals surface area contributed by atoms with E-state index in [-0.39, 0.29) is 5.91 Å². The van der Waals surface area contributed by atoms with Gasteiger partial charge in [-0.05, 0) is 55.2 Å². The lowest BCUT2D eigenvalue weighted by molar-refractivity contribution is 0.0761. The number of rotatable bonds is 3. The van der Waals surface area contributed by atoms with Crippen molar-refractivity contribution in [2.24, 2.45) is 0 Å². The van der Waals surface area contributed by atoms with Crippen LogP contribution in [0.5, 0.6) is 0 Å². The number of benzene rings is 2. The van der Waals surface area contributed by atoms with Crippen LogP contribution >= 0.6 is 0 Å². The Morgan fingerprint density at radius 2 is 1.56 bits per heavy atom. The fraction of sp³-hybridized carbons (Fsp3) is 0.381. The van der Waals surface area contributed by atoms with E-state index in [1.165, 1.54) is 17.1 Å². The summed E-state index contributed by atoms with van der Waals surface area (Å²) >= 11 is 0. The molecule has 0 N–H and O–H groups in total. The van der Waals surface area contributed by atoms with Crippen molar-refractivity contribution in [1.29, 1.82) is 0 Å². The third-order valence-electron chi connectivity index (χ3n) is 5.40. The highest BCUT2D eigenvalue weighted by molar-refractivity contribution is 7.92. The van der Waals surface area contributed by atoms with Crippen LogP contribution in [-0.4, -0.2) is 38.9 Å². The maximum atomic E-state index is 13.0. The number of likely N-dealkylation sites (tertiary alicyclic amines) is 1. The summed E-state index contributed by atoms with van der Waals surface area (Å²) < 4.78 is 27.4. The first-order valence-corrected chi connectivity index (χ1v) is 11.0. The van der Waals surface area contributed by atoms with Crippen LogP contribution in [0.2, 0.25) is 0 Å². The zero-order chi connectivity index (χ0) is 18.9. The first-order chi connectivity index (χ1) is 13.1. The van der Waals surface area contributed by atoms with Crippen LogP contribution in [-0.2, 0) is 16.4 Å². The number of anilines is 1. The van der Waals surface area contributed by atoms with E-state index < -0.39 is 10.0 Å². The molecule has 4 rings (SSSR count). The third-order valence-corrected chi connectivity index (χ3v) is 7.23. The fourth-order valence-electron chi connectivity index (χ4n) is 3.93. The Balaban J connectivity index is 1.60. The molecule has 1 saturated heterocycles. The monoisotopic (exact) mass is 384 g/mol. The maximum Gasteiger partial charge on any atom is 0.264 e. The summed E-state index contributed by atoms with van der Waals surface area (Å²) in [7, 11) is -3.57. The number of carbonyl (C=O) groups excluding carboxylic acids is 1. The second-order valence-corrected chi connectivity index (χ2v) is 9.05. The minimum Gasteiger partial charge on any atom is -0.339 e. The largest absolute Gasteiger partial charge is 0.339 e. The molecule has 0 spiro atoms. The molecule has 27 heavy (non-hydrogen) atoms. The number of nitrogens with zero attached hydrogens (tertiary/aromatic N) is 2. The zero-order valence-electron chi connectivity index (χ0n) is 15.3. The quantitative estimate of drug-likeness (QED) is 0.814. The van der Waals surface area contributed by atoms with Crippen molar-refractivity contribution in [2.45, 2.75) is 37.0 Å². The minimum atomic E-state index is -3.57. The minimum absolute atomic E-state index is 0.0593. The van der Waals surface area contributed by atoms with Gasteiger partial charge in [0.25, 0.3) is 15.9 Å². The molecule has 6 heteroatoms. The van der Waals surface area contributed by atoms with Crippen LogP contribution in [0, 0.1) is 0 Å². The number of amides is 1. The average molecular weight is 385 g/mol. The highest BCUT2D eigenvalue weighted by Crippen LogP contribution is 2.33. The summed E-state index contributed by atoms with van der Waals surface area (Å²) in [6.07, 6.45) is 5.10. The number of carbonyl (C=O) groups is 1. The highest BCUT2D eigenvalue weighted by atomic mass is 32.2. The number of hydrogen-bond acceptors (Lipinski definition) is 3. The van der Waals surface area contributed by atoms with Crippen LogP contribution in [0.25, 0.3) is 0 Å². The van der Waals surface area contributed by atoms with Crippen molar-refractivity contribution in [3.05, 3.63) is 59.7 Å². The van der Waals surface area contributed by atoms with Crippen LogP contribution in [0.3, 0.4) is 0 Å². The number of fused-ring (bicyclic) bond motifs is 1. The van der Waals surface area contributed by atoms with Gasteiger partial charge >= 0.3 is 0 Å². The summed E-state index contributed by atoms with van der Waals surface area (Å²) in [6, 6.07) is 13.9. The van der Waals surface area contributed by atoms with E-state index in [0.717, 1.165) is 31.5 Å². The van der Waals surface area contributed by atoms with Crippen molar-refractivity contribution >= 4 is 21.6 Å². The lowest BCUT2D eigenvalue weighted by Gasteiger charge is -2.22. The van der Waals surface area contributed by atoms with Crippen LogP contribution in [0.4, 0.5) is 5.69 Å². The molecule has 0 radical (unpaired) electrons. The summed E-state index contributed by atoms with van der Waals surface area (Å²) in [5, 5.41) is 0. The van der Waals surface area contributed by atoms with E-state index in [9.17, 15) is 13.2 Å². The molecule has 0 bridgehead atoms. The van der Waals surface area contributed by atoms with Gasteiger partial charge < -0.3 is 4.90 Å². The molecular weight excluding hydrogens is 360 g/mol. The lowest BCUT2D eigenvalue weighted by atomic mass is 10.1. The molecule has 1 amide bonds. The standard InChI is InChI=1S/C21H24N2O3S/c24-21(22-13-6-1-2-7-14-22)18-10-11-20-17(16-18)12-15-23(20)27(25,26)19-8-4-3-5-9-19/h3-5,8-11,16H,1-2,6-7,12-15H2. The van der Waals surface area contributed by atoms with Crippen LogP contribution < -0.4 is 4.31 Å². The molecule has 1 fully saturated rings. The molecule has 142 valence electrons. The van der Waals surface area contributed by atoms with E-state index in [4.69, 9.17) is 0 Å². The molecule has 0 saturated carbocycles. The number of sulfonamides is 1. The van der Waals surface area contributed by atoms with Crippen molar-refractivity contribution < 1.29 is 13.2 Å². The van der Waals surface area contributed by atoms with Gasteiger partial charge in [-0.3, -0.25) is 9.10 Å². The molecule has 2 aliphatic rings. The van der Waals surface area contributed by atoms with Gasteiger partial charge in [0.15, 0.2) is 0 Å². The molecule has 2 heterocycles. The fourth-order valence-corrected chi connectivity index (χ4v) is 5.45. The van der Waals surface area contributed by atoms with E-state index in [1.54, 1.807) is 42.5 Å². The third kappa shape index (κ3) is 3.46. The van der Waals surface area contributed by atoms with E-state index in [2.05, 4.69) is 0 Å². The first kappa shape index (κ1) is 18.0.